The topological polar surface area (TPSA) is 221 Å². The Bertz CT molecular complexity index is 1240. The number of carbonyl (C=O) groups is 1. The first-order valence-electron chi connectivity index (χ1n) is 19.2. The molecule has 0 unspecified atom stereocenters. The van der Waals surface area contributed by atoms with E-state index in [1.807, 2.05) is 19.9 Å². The van der Waals surface area contributed by atoms with E-state index in [2.05, 4.69) is 10.6 Å². The lowest BCUT2D eigenvalue weighted by Crippen LogP contribution is -2.66. The average Bonchev–Trinajstić information content (AvgIpc) is 3.09. The maximum atomic E-state index is 14.2. The third-order valence-electron chi connectivity index (χ3n) is 12.3. The summed E-state index contributed by atoms with van der Waals surface area (Å²) in [5, 5.41) is 74.2. The summed E-state index contributed by atoms with van der Waals surface area (Å²) in [5.74, 6) is -2.80. The third kappa shape index (κ3) is 9.90. The summed E-state index contributed by atoms with van der Waals surface area (Å²) in [5.41, 5.74) is -6.40. The first-order chi connectivity index (χ1) is 24.5. The molecule has 3 rings (SSSR count). The first-order valence-corrected chi connectivity index (χ1v) is 19.2. The molecule has 0 bridgehead atoms. The van der Waals surface area contributed by atoms with E-state index < -0.39 is 95.5 Å². The molecule has 3 aliphatic heterocycles. The van der Waals surface area contributed by atoms with Gasteiger partial charge in [-0.25, -0.2) is 0 Å². The Labute approximate surface area is 316 Å². The lowest BCUT2D eigenvalue weighted by Gasteiger charge is -2.53. The fraction of sp³-hybridized carbons (Fsp3) is 0.947. The van der Waals surface area contributed by atoms with Gasteiger partial charge in [-0.1, -0.05) is 20.8 Å². The zero-order valence-corrected chi connectivity index (χ0v) is 33.9. The summed E-state index contributed by atoms with van der Waals surface area (Å²) in [7, 11) is 3.18. The van der Waals surface area contributed by atoms with Crippen LogP contribution in [0.2, 0.25) is 0 Å². The average molecular weight is 760 g/mol. The Hall–Kier alpha value is -1.52. The zero-order valence-electron chi connectivity index (χ0n) is 33.9. The molecule has 0 aromatic carbocycles. The van der Waals surface area contributed by atoms with Gasteiger partial charge in [-0.2, -0.15) is 5.26 Å². The molecule has 0 saturated carbocycles. The van der Waals surface area contributed by atoms with Crippen molar-refractivity contribution < 1.29 is 58.7 Å². The molecular weight excluding hydrogens is 690 g/mol. The van der Waals surface area contributed by atoms with Crippen molar-refractivity contribution in [3.8, 4) is 6.07 Å². The maximum absolute atomic E-state index is 14.2. The van der Waals surface area contributed by atoms with Crippen molar-refractivity contribution in [1.29, 1.82) is 5.26 Å². The highest BCUT2D eigenvalue weighted by Crippen LogP contribution is 2.44. The molecule has 3 heterocycles. The van der Waals surface area contributed by atoms with Crippen LogP contribution in [-0.2, 0) is 33.2 Å². The van der Waals surface area contributed by atoms with Gasteiger partial charge in [0.25, 0.3) is 0 Å². The Morgan fingerprint density at radius 3 is 2.23 bits per heavy atom. The second-order valence-corrected chi connectivity index (χ2v) is 16.7. The predicted octanol–water partition coefficient (Wildman–Crippen LogP) is 1.50. The largest absolute Gasteiger partial charge is 0.459 e. The van der Waals surface area contributed by atoms with Crippen LogP contribution in [0.1, 0.15) is 101 Å². The predicted molar refractivity (Wildman–Crippen MR) is 194 cm³/mol. The molecule has 7 N–H and O–H groups in total. The van der Waals surface area contributed by atoms with E-state index in [0.29, 0.717) is 13.0 Å². The SMILES string of the molecule is CC[C@H]1OC(=O)[C@H](C)[C@@H](O[C@H]2C[C@@](C)(OC)[C@](O)(CC#N)[C@H](C)O2)[C@H](C)[C@@H](O[C@@H]2O[C@H](C)C[C@H](NC)[C@H]2O)[C@](C)(O)C[C@@H](C)CN[C@H](C)[C@@H](O)[C@]1(C)O. The number of aliphatic hydroxyl groups excluding tert-OH is 2. The van der Waals surface area contributed by atoms with Gasteiger partial charge in [-0.3, -0.25) is 4.79 Å². The summed E-state index contributed by atoms with van der Waals surface area (Å²) < 4.78 is 37.5. The van der Waals surface area contributed by atoms with Crippen LogP contribution in [0, 0.1) is 29.1 Å². The molecule has 18 atom stereocenters. The number of cyclic esters (lactones) is 1. The van der Waals surface area contributed by atoms with E-state index in [4.69, 9.17) is 28.4 Å². The van der Waals surface area contributed by atoms with Crippen LogP contribution in [0.3, 0.4) is 0 Å². The van der Waals surface area contributed by atoms with Crippen molar-refractivity contribution in [2.75, 3.05) is 20.7 Å². The summed E-state index contributed by atoms with van der Waals surface area (Å²) >= 11 is 0. The second-order valence-electron chi connectivity index (χ2n) is 16.7. The summed E-state index contributed by atoms with van der Waals surface area (Å²) in [4.78, 5) is 14.2. The molecule has 15 heteroatoms. The molecule has 3 fully saturated rings. The molecule has 0 aromatic heterocycles. The van der Waals surface area contributed by atoms with Crippen LogP contribution in [0.5, 0.6) is 0 Å². The molecular formula is C38H69N3O12. The van der Waals surface area contributed by atoms with Gasteiger partial charge < -0.3 is 64.6 Å². The van der Waals surface area contributed by atoms with Crippen molar-refractivity contribution in [3.63, 3.8) is 0 Å². The zero-order chi connectivity index (χ0) is 40.3. The summed E-state index contributed by atoms with van der Waals surface area (Å²) in [6.07, 6.45) is -8.50. The monoisotopic (exact) mass is 759 g/mol. The number of nitriles is 1. The number of hydrogen-bond donors (Lipinski definition) is 7. The number of ether oxygens (including phenoxy) is 6. The Balaban J connectivity index is 2.17. The fourth-order valence-electron chi connectivity index (χ4n) is 8.67. The Kier molecular flexibility index (Phi) is 15.7. The number of carbonyl (C=O) groups excluding carboxylic acids is 1. The van der Waals surface area contributed by atoms with Crippen molar-refractivity contribution in [3.05, 3.63) is 0 Å². The Morgan fingerprint density at radius 2 is 1.66 bits per heavy atom. The number of hydrogen-bond acceptors (Lipinski definition) is 15. The minimum Gasteiger partial charge on any atom is -0.459 e. The van der Waals surface area contributed by atoms with Crippen molar-refractivity contribution >= 4 is 5.97 Å². The minimum absolute atomic E-state index is 0.0240. The highest BCUT2D eigenvalue weighted by Gasteiger charge is 2.58. The molecule has 3 saturated heterocycles. The number of nitrogens with zero attached hydrogens (tertiary/aromatic N) is 1. The van der Waals surface area contributed by atoms with Gasteiger partial charge in [0.1, 0.15) is 35.1 Å². The highest BCUT2D eigenvalue weighted by molar-refractivity contribution is 5.73. The molecule has 53 heavy (non-hydrogen) atoms. The quantitative estimate of drug-likeness (QED) is 0.174. The van der Waals surface area contributed by atoms with Gasteiger partial charge in [0.15, 0.2) is 12.6 Å². The third-order valence-corrected chi connectivity index (χ3v) is 12.3. The van der Waals surface area contributed by atoms with Crippen LogP contribution in [-0.4, -0.2) is 142 Å². The van der Waals surface area contributed by atoms with Crippen molar-refractivity contribution in [2.24, 2.45) is 17.8 Å². The normalized spacial score (nSPS) is 49.6. The lowest BCUT2D eigenvalue weighted by atomic mass is 9.73. The second kappa shape index (κ2) is 18.2. The number of methoxy groups -OCH3 is 1. The van der Waals surface area contributed by atoms with Crippen LogP contribution in [0.15, 0.2) is 0 Å². The number of esters is 1. The van der Waals surface area contributed by atoms with E-state index in [1.54, 1.807) is 55.5 Å². The summed E-state index contributed by atoms with van der Waals surface area (Å²) in [6.45, 7) is 17.4. The molecule has 0 aliphatic carbocycles. The van der Waals surface area contributed by atoms with E-state index in [9.17, 15) is 35.6 Å². The molecule has 0 spiro atoms. The van der Waals surface area contributed by atoms with Gasteiger partial charge in [0.05, 0.1) is 48.4 Å². The number of nitrogens with one attached hydrogen (secondary N) is 2. The molecule has 0 amide bonds. The molecule has 308 valence electrons. The van der Waals surface area contributed by atoms with Gasteiger partial charge in [0, 0.05) is 31.5 Å². The summed E-state index contributed by atoms with van der Waals surface area (Å²) in [6, 6.07) is 1.06. The Morgan fingerprint density at radius 1 is 1.02 bits per heavy atom. The van der Waals surface area contributed by atoms with E-state index in [1.165, 1.54) is 14.0 Å². The smallest absolute Gasteiger partial charge is 0.311 e. The van der Waals surface area contributed by atoms with Crippen LogP contribution >= 0.6 is 0 Å². The fourth-order valence-corrected chi connectivity index (χ4v) is 8.67. The van der Waals surface area contributed by atoms with Crippen LogP contribution in [0.25, 0.3) is 0 Å². The minimum atomic E-state index is -1.83. The van der Waals surface area contributed by atoms with Crippen molar-refractivity contribution in [2.45, 2.75) is 191 Å². The highest BCUT2D eigenvalue weighted by atomic mass is 16.7. The lowest BCUT2D eigenvalue weighted by molar-refractivity contribution is -0.336. The van der Waals surface area contributed by atoms with Crippen molar-refractivity contribution in [1.82, 2.24) is 10.6 Å². The standard InChI is InChI=1S/C38H69N3O12/c1-13-27-37(10,46)31(43)24(6)41-19-20(2)17-35(8,45)32(53-34-29(42)26(40-11)16-21(3)49-34)22(4)30(23(5)33(44)51-27)52-28-18-36(9,48-12)38(47,14-15-39)25(7)50-28/h20-32,34,40-43,45-47H,13-14,16-19H2,1-12H3/t20-,21-,22+,23-,24-,25+,26+,27-,28+,29-,30+,31-,32-,34+,35-,36-,37-,38+/m1/s1. The van der Waals surface area contributed by atoms with Gasteiger partial charge in [-0.15, -0.1) is 0 Å². The van der Waals surface area contributed by atoms with Gasteiger partial charge in [-0.05, 0) is 87.2 Å². The number of rotatable bonds is 8. The van der Waals surface area contributed by atoms with Crippen LogP contribution < -0.4 is 10.6 Å². The molecule has 0 radical (unpaired) electrons. The molecule has 3 aliphatic rings. The molecule has 0 aromatic rings. The van der Waals surface area contributed by atoms with E-state index >= 15 is 0 Å². The molecule has 15 nitrogen and oxygen atoms in total. The van der Waals surface area contributed by atoms with E-state index in [-0.39, 0.29) is 43.7 Å². The first kappa shape index (κ1) is 45.9. The van der Waals surface area contributed by atoms with Gasteiger partial charge >= 0.3 is 5.97 Å². The number of likely N-dealkylation sites (N-methyl/N-ethyl adjacent to an activating group) is 1. The van der Waals surface area contributed by atoms with Crippen LogP contribution in [0.4, 0.5) is 0 Å². The van der Waals surface area contributed by atoms with Gasteiger partial charge in [0.2, 0.25) is 0 Å². The number of aliphatic hydroxyl groups is 5. The van der Waals surface area contributed by atoms with E-state index in [0.717, 1.165) is 0 Å². The maximum Gasteiger partial charge on any atom is 0.311 e.